The molecule has 0 unspecified atom stereocenters. The van der Waals surface area contributed by atoms with Gasteiger partial charge in [0, 0.05) is 30.0 Å². The van der Waals surface area contributed by atoms with Crippen LogP contribution < -0.4 is 15.2 Å². The van der Waals surface area contributed by atoms with Gasteiger partial charge in [-0.1, -0.05) is 0 Å². The van der Waals surface area contributed by atoms with Crippen LogP contribution in [0.1, 0.15) is 16.8 Å². The summed E-state index contributed by atoms with van der Waals surface area (Å²) in [7, 11) is 1.57. The normalized spacial score (nSPS) is 25.1. The minimum Gasteiger partial charge on any atom is -0.493 e. The molecule has 7 heteroatoms. The highest BCUT2D eigenvalue weighted by atomic mass is 16.5. The maximum absolute atomic E-state index is 12.9. The van der Waals surface area contributed by atoms with Gasteiger partial charge in [-0.15, -0.1) is 0 Å². The topological polar surface area (TPSA) is 94.2 Å². The Morgan fingerprint density at radius 1 is 1.48 bits per heavy atom. The molecule has 0 aromatic heterocycles. The molecule has 2 aliphatic heterocycles. The number of ether oxygens (including phenoxy) is 3. The molecule has 25 heavy (non-hydrogen) atoms. The van der Waals surface area contributed by atoms with E-state index in [2.05, 4.69) is 0 Å². The smallest absolute Gasteiger partial charge is 0.254 e. The van der Waals surface area contributed by atoms with Crippen LogP contribution in [0.5, 0.6) is 11.5 Å². The van der Waals surface area contributed by atoms with Crippen LogP contribution in [-0.4, -0.2) is 69.1 Å². The molecule has 2 saturated heterocycles. The van der Waals surface area contributed by atoms with E-state index in [1.54, 1.807) is 30.2 Å². The largest absolute Gasteiger partial charge is 0.493 e. The number of amides is 1. The summed E-state index contributed by atoms with van der Waals surface area (Å²) in [6.45, 7) is 3.28. The number of methoxy groups -OCH3 is 1. The van der Waals surface area contributed by atoms with Crippen molar-refractivity contribution in [3.05, 3.63) is 23.8 Å². The lowest BCUT2D eigenvalue weighted by Gasteiger charge is -2.24. The number of fused-ring (bicyclic) bond motifs is 1. The summed E-state index contributed by atoms with van der Waals surface area (Å²) in [4.78, 5) is 14.7. The number of benzene rings is 1. The summed E-state index contributed by atoms with van der Waals surface area (Å²) in [6.07, 6.45) is 0.730. The van der Waals surface area contributed by atoms with Crippen LogP contribution >= 0.6 is 0 Å². The Morgan fingerprint density at radius 2 is 2.32 bits per heavy atom. The minimum atomic E-state index is -0.317. The number of nitrogens with two attached hydrogens (primary N) is 1. The zero-order valence-electron chi connectivity index (χ0n) is 14.6. The Kier molecular flexibility index (Phi) is 5.46. The molecule has 1 aromatic rings. The van der Waals surface area contributed by atoms with Crippen molar-refractivity contribution in [3.63, 3.8) is 0 Å². The Labute approximate surface area is 147 Å². The van der Waals surface area contributed by atoms with Gasteiger partial charge >= 0.3 is 0 Å². The van der Waals surface area contributed by atoms with Gasteiger partial charge in [0.25, 0.3) is 5.91 Å². The minimum absolute atomic E-state index is 0.0392. The van der Waals surface area contributed by atoms with Gasteiger partial charge in [0.15, 0.2) is 11.5 Å². The van der Waals surface area contributed by atoms with E-state index >= 15 is 0 Å². The molecular weight excluding hydrogens is 324 g/mol. The van der Waals surface area contributed by atoms with E-state index in [1.807, 2.05) is 0 Å². The summed E-state index contributed by atoms with van der Waals surface area (Å²) < 4.78 is 16.5. The molecule has 3 rings (SSSR count). The first kappa shape index (κ1) is 18.0. The van der Waals surface area contributed by atoms with Crippen molar-refractivity contribution in [1.29, 1.82) is 0 Å². The van der Waals surface area contributed by atoms with E-state index in [0.717, 1.165) is 6.42 Å². The van der Waals surface area contributed by atoms with E-state index in [-0.39, 0.29) is 23.8 Å². The van der Waals surface area contributed by atoms with Crippen LogP contribution in [0.4, 0.5) is 0 Å². The molecule has 0 radical (unpaired) electrons. The molecular formula is C18H26N2O5. The first-order valence-corrected chi connectivity index (χ1v) is 8.62. The molecule has 2 aliphatic rings. The highest BCUT2D eigenvalue weighted by molar-refractivity contribution is 5.95. The van der Waals surface area contributed by atoms with Gasteiger partial charge in [0.2, 0.25) is 0 Å². The lowest BCUT2D eigenvalue weighted by atomic mass is 9.82. The summed E-state index contributed by atoms with van der Waals surface area (Å²) in [5.74, 6) is 1.27. The van der Waals surface area contributed by atoms with Crippen LogP contribution in [0.25, 0.3) is 0 Å². The van der Waals surface area contributed by atoms with E-state index in [0.29, 0.717) is 56.5 Å². The number of hydrogen-bond donors (Lipinski definition) is 2. The zero-order valence-corrected chi connectivity index (χ0v) is 14.6. The summed E-state index contributed by atoms with van der Waals surface area (Å²) in [5.41, 5.74) is 5.73. The average Bonchev–Trinajstić information content (AvgIpc) is 3.18. The second-order valence-corrected chi connectivity index (χ2v) is 6.77. The SMILES string of the molecule is COc1ccc(C(=O)N2C[C@H]3COC[C@@]3(CO)C2)cc1OCCCN. The summed E-state index contributed by atoms with van der Waals surface area (Å²) in [5, 5.41) is 9.77. The predicted octanol–water partition coefficient (Wildman–Crippen LogP) is 0.504. The van der Waals surface area contributed by atoms with Crippen molar-refractivity contribution in [1.82, 2.24) is 4.90 Å². The molecule has 0 spiro atoms. The van der Waals surface area contributed by atoms with Gasteiger partial charge in [0.05, 0.1) is 33.5 Å². The maximum atomic E-state index is 12.9. The van der Waals surface area contributed by atoms with Gasteiger partial charge in [-0.2, -0.15) is 0 Å². The molecule has 2 atom stereocenters. The lowest BCUT2D eigenvalue weighted by molar-refractivity contribution is 0.0630. The predicted molar refractivity (Wildman–Crippen MR) is 91.9 cm³/mol. The van der Waals surface area contributed by atoms with Gasteiger partial charge in [-0.3, -0.25) is 4.79 Å². The Hall–Kier alpha value is -1.83. The van der Waals surface area contributed by atoms with Crippen molar-refractivity contribution < 1.29 is 24.1 Å². The Bertz CT molecular complexity index is 623. The molecule has 0 bridgehead atoms. The van der Waals surface area contributed by atoms with Crippen molar-refractivity contribution in [2.75, 3.05) is 53.2 Å². The van der Waals surface area contributed by atoms with Crippen molar-refractivity contribution in [2.45, 2.75) is 6.42 Å². The lowest BCUT2D eigenvalue weighted by Crippen LogP contribution is -2.36. The monoisotopic (exact) mass is 350 g/mol. The second kappa shape index (κ2) is 7.59. The van der Waals surface area contributed by atoms with Crippen molar-refractivity contribution >= 4 is 5.91 Å². The molecule has 3 N–H and O–H groups in total. The summed E-state index contributed by atoms with van der Waals surface area (Å²) in [6, 6.07) is 5.20. The number of rotatable bonds is 7. The van der Waals surface area contributed by atoms with Crippen molar-refractivity contribution in [3.8, 4) is 11.5 Å². The fraction of sp³-hybridized carbons (Fsp3) is 0.611. The van der Waals surface area contributed by atoms with Crippen LogP contribution in [0.3, 0.4) is 0 Å². The highest BCUT2D eigenvalue weighted by Crippen LogP contribution is 2.41. The van der Waals surface area contributed by atoms with E-state index in [1.165, 1.54) is 0 Å². The van der Waals surface area contributed by atoms with E-state index < -0.39 is 0 Å². The molecule has 1 aromatic carbocycles. The molecule has 0 aliphatic carbocycles. The average molecular weight is 350 g/mol. The molecule has 2 heterocycles. The highest BCUT2D eigenvalue weighted by Gasteiger charge is 2.51. The second-order valence-electron chi connectivity index (χ2n) is 6.77. The van der Waals surface area contributed by atoms with Crippen LogP contribution in [0.15, 0.2) is 18.2 Å². The third-order valence-electron chi connectivity index (χ3n) is 5.14. The fourth-order valence-corrected chi connectivity index (χ4v) is 3.58. The quantitative estimate of drug-likeness (QED) is 0.696. The van der Waals surface area contributed by atoms with E-state index in [9.17, 15) is 9.90 Å². The van der Waals surface area contributed by atoms with Gasteiger partial charge in [-0.25, -0.2) is 0 Å². The fourth-order valence-electron chi connectivity index (χ4n) is 3.58. The third kappa shape index (κ3) is 3.44. The van der Waals surface area contributed by atoms with Crippen molar-refractivity contribution in [2.24, 2.45) is 17.1 Å². The first-order chi connectivity index (χ1) is 12.1. The molecule has 0 saturated carbocycles. The Morgan fingerprint density at radius 3 is 3.00 bits per heavy atom. The van der Waals surface area contributed by atoms with Crippen LogP contribution in [0, 0.1) is 11.3 Å². The number of likely N-dealkylation sites (tertiary alicyclic amines) is 1. The maximum Gasteiger partial charge on any atom is 0.254 e. The number of carbonyl (C=O) groups excluding carboxylic acids is 1. The number of nitrogens with zero attached hydrogens (tertiary/aromatic N) is 1. The van der Waals surface area contributed by atoms with Gasteiger partial charge < -0.3 is 30.0 Å². The zero-order chi connectivity index (χ0) is 17.9. The molecule has 2 fully saturated rings. The number of aliphatic hydroxyl groups excluding tert-OH is 1. The Balaban J connectivity index is 1.75. The number of aliphatic hydroxyl groups is 1. The van der Waals surface area contributed by atoms with Gasteiger partial charge in [-0.05, 0) is 31.2 Å². The first-order valence-electron chi connectivity index (χ1n) is 8.62. The third-order valence-corrected chi connectivity index (χ3v) is 5.14. The molecule has 138 valence electrons. The van der Waals surface area contributed by atoms with Gasteiger partial charge in [0.1, 0.15) is 0 Å². The number of carbonyl (C=O) groups is 1. The summed E-state index contributed by atoms with van der Waals surface area (Å²) >= 11 is 0. The molecule has 1 amide bonds. The standard InChI is InChI=1S/C18H26N2O5/c1-23-15-4-3-13(7-16(15)25-6-2-5-19)17(22)20-8-14-9-24-12-18(14,10-20)11-21/h3-4,7,14,21H,2,5-6,8-12,19H2,1H3/t14-,18-/m0/s1. The van der Waals surface area contributed by atoms with Crippen LogP contribution in [0.2, 0.25) is 0 Å². The molecule has 7 nitrogen and oxygen atoms in total. The number of hydrogen-bond acceptors (Lipinski definition) is 6. The van der Waals surface area contributed by atoms with Crippen LogP contribution in [-0.2, 0) is 4.74 Å². The van der Waals surface area contributed by atoms with E-state index in [4.69, 9.17) is 19.9 Å².